The van der Waals surface area contributed by atoms with E-state index in [1.54, 1.807) is 6.07 Å². The molecule has 2 nitrogen and oxygen atoms in total. The van der Waals surface area contributed by atoms with E-state index in [4.69, 9.17) is 11.6 Å². The van der Waals surface area contributed by atoms with Crippen LogP contribution in [0.1, 0.15) is 37.3 Å². The van der Waals surface area contributed by atoms with Gasteiger partial charge in [0.1, 0.15) is 5.82 Å². The van der Waals surface area contributed by atoms with E-state index in [0.717, 1.165) is 31.7 Å². The van der Waals surface area contributed by atoms with Crippen molar-refractivity contribution in [3.63, 3.8) is 0 Å². The van der Waals surface area contributed by atoms with Gasteiger partial charge in [-0.25, -0.2) is 4.39 Å². The van der Waals surface area contributed by atoms with Crippen LogP contribution in [0.3, 0.4) is 0 Å². The summed E-state index contributed by atoms with van der Waals surface area (Å²) in [5.74, 6) is 0.328. The van der Waals surface area contributed by atoms with Crippen LogP contribution >= 0.6 is 24.0 Å². The second-order valence-corrected chi connectivity index (χ2v) is 6.30. The number of hydrogen-bond acceptors (Lipinski definition) is 2. The van der Waals surface area contributed by atoms with Gasteiger partial charge in [0.15, 0.2) is 0 Å². The van der Waals surface area contributed by atoms with Crippen molar-refractivity contribution in [2.24, 2.45) is 5.92 Å². The highest BCUT2D eigenvalue weighted by atomic mass is 35.5. The molecule has 1 saturated carbocycles. The van der Waals surface area contributed by atoms with Gasteiger partial charge < -0.3 is 5.32 Å². The van der Waals surface area contributed by atoms with Crippen LogP contribution in [0.5, 0.6) is 0 Å². The first-order valence-corrected chi connectivity index (χ1v) is 8.04. The van der Waals surface area contributed by atoms with Crippen molar-refractivity contribution >= 4 is 24.0 Å². The molecule has 1 aliphatic carbocycles. The molecule has 1 heterocycles. The van der Waals surface area contributed by atoms with Crippen LogP contribution < -0.4 is 5.32 Å². The second-order valence-electron chi connectivity index (χ2n) is 5.92. The first-order chi connectivity index (χ1) is 9.77. The molecule has 0 unspecified atom stereocenters. The van der Waals surface area contributed by atoms with Crippen LogP contribution in [0.25, 0.3) is 0 Å². The van der Waals surface area contributed by atoms with Gasteiger partial charge in [-0.2, -0.15) is 0 Å². The predicted molar refractivity (Wildman–Crippen MR) is 87.8 cm³/mol. The van der Waals surface area contributed by atoms with Crippen molar-refractivity contribution in [3.05, 3.63) is 34.6 Å². The van der Waals surface area contributed by atoms with Gasteiger partial charge in [-0.1, -0.05) is 36.6 Å². The van der Waals surface area contributed by atoms with E-state index in [1.165, 1.54) is 31.7 Å². The van der Waals surface area contributed by atoms with E-state index in [2.05, 4.69) is 10.2 Å². The summed E-state index contributed by atoms with van der Waals surface area (Å²) in [6, 6.07) is 5.54. The molecule has 118 valence electrons. The lowest BCUT2D eigenvalue weighted by Crippen LogP contribution is -2.46. The summed E-state index contributed by atoms with van der Waals surface area (Å²) in [4.78, 5) is 2.49. The van der Waals surface area contributed by atoms with E-state index in [9.17, 15) is 4.39 Å². The largest absolute Gasteiger partial charge is 0.314 e. The molecular weight excluding hydrogens is 310 g/mol. The Bertz CT molecular complexity index is 458. The molecule has 1 saturated heterocycles. The zero-order valence-electron chi connectivity index (χ0n) is 12.2. The molecule has 0 spiro atoms. The van der Waals surface area contributed by atoms with Crippen LogP contribution in [-0.2, 0) is 0 Å². The molecular formula is C16H23Cl2FN2. The highest BCUT2D eigenvalue weighted by Gasteiger charge is 2.33. The van der Waals surface area contributed by atoms with Gasteiger partial charge in [0.05, 0.1) is 5.02 Å². The first kappa shape index (κ1) is 17.0. The predicted octanol–water partition coefficient (Wildman–Crippen LogP) is 4.04. The minimum Gasteiger partial charge on any atom is -0.314 e. The van der Waals surface area contributed by atoms with E-state index < -0.39 is 0 Å². The SMILES string of the molecule is Cl.Fc1cccc([C@@H](C2CCCC2)N2CCNCC2)c1Cl. The van der Waals surface area contributed by atoms with Gasteiger partial charge >= 0.3 is 0 Å². The molecule has 0 radical (unpaired) electrons. The Kier molecular flexibility index (Phi) is 6.30. The van der Waals surface area contributed by atoms with Crippen molar-refractivity contribution in [2.75, 3.05) is 26.2 Å². The fourth-order valence-corrected chi connectivity index (χ4v) is 3.97. The smallest absolute Gasteiger partial charge is 0.142 e. The zero-order chi connectivity index (χ0) is 13.9. The lowest BCUT2D eigenvalue weighted by atomic mass is 9.89. The minimum absolute atomic E-state index is 0. The average molecular weight is 333 g/mol. The molecule has 1 aliphatic heterocycles. The molecule has 0 amide bonds. The van der Waals surface area contributed by atoms with Crippen LogP contribution in [0, 0.1) is 11.7 Å². The van der Waals surface area contributed by atoms with Crippen molar-refractivity contribution < 1.29 is 4.39 Å². The Morgan fingerprint density at radius 2 is 1.86 bits per heavy atom. The van der Waals surface area contributed by atoms with Crippen LogP contribution in [0.2, 0.25) is 5.02 Å². The quantitative estimate of drug-likeness (QED) is 0.898. The van der Waals surface area contributed by atoms with Crippen LogP contribution in [0.4, 0.5) is 4.39 Å². The van der Waals surface area contributed by atoms with Crippen molar-refractivity contribution in [2.45, 2.75) is 31.7 Å². The number of hydrogen-bond donors (Lipinski definition) is 1. The Morgan fingerprint density at radius 3 is 2.52 bits per heavy atom. The number of rotatable bonds is 3. The van der Waals surface area contributed by atoms with Crippen LogP contribution in [-0.4, -0.2) is 31.1 Å². The van der Waals surface area contributed by atoms with Crippen LogP contribution in [0.15, 0.2) is 18.2 Å². The minimum atomic E-state index is -0.290. The van der Waals surface area contributed by atoms with Crippen molar-refractivity contribution in [1.82, 2.24) is 10.2 Å². The number of benzene rings is 1. The van der Waals surface area contributed by atoms with Crippen molar-refractivity contribution in [1.29, 1.82) is 0 Å². The maximum atomic E-state index is 13.8. The molecule has 1 aromatic rings. The molecule has 1 N–H and O–H groups in total. The van der Waals surface area contributed by atoms with Gasteiger partial charge in [-0.3, -0.25) is 4.90 Å². The third-order valence-electron chi connectivity index (χ3n) is 4.69. The molecule has 5 heteroatoms. The molecule has 1 atom stereocenters. The van der Waals surface area contributed by atoms with Gasteiger partial charge in [-0.15, -0.1) is 12.4 Å². The maximum absolute atomic E-state index is 13.8. The fourth-order valence-electron chi connectivity index (χ4n) is 3.73. The molecule has 3 rings (SSSR count). The monoisotopic (exact) mass is 332 g/mol. The standard InChI is InChI=1S/C16H22ClFN2.ClH/c17-15-13(6-3-7-14(15)18)16(12-4-1-2-5-12)20-10-8-19-9-11-20;/h3,6-7,12,16,19H,1-2,4-5,8-11H2;1H/t16-;/m1./s1. The van der Waals surface area contributed by atoms with Gasteiger partial charge in [0.2, 0.25) is 0 Å². The Labute approximate surface area is 137 Å². The lowest BCUT2D eigenvalue weighted by Gasteiger charge is -2.39. The Hall–Kier alpha value is -0.350. The summed E-state index contributed by atoms with van der Waals surface area (Å²) in [6.07, 6.45) is 5.06. The number of piperazine rings is 1. The van der Waals surface area contributed by atoms with Gasteiger partial charge in [0, 0.05) is 32.2 Å². The zero-order valence-corrected chi connectivity index (χ0v) is 13.7. The number of nitrogens with zero attached hydrogens (tertiary/aromatic N) is 1. The lowest BCUT2D eigenvalue weighted by molar-refractivity contribution is 0.125. The molecule has 2 fully saturated rings. The fraction of sp³-hybridized carbons (Fsp3) is 0.625. The van der Waals surface area contributed by atoms with Gasteiger partial charge in [-0.05, 0) is 30.4 Å². The van der Waals surface area contributed by atoms with E-state index in [-0.39, 0.29) is 24.3 Å². The maximum Gasteiger partial charge on any atom is 0.142 e. The normalized spacial score (nSPS) is 22.0. The summed E-state index contributed by atoms with van der Waals surface area (Å²) < 4.78 is 13.8. The summed E-state index contributed by atoms with van der Waals surface area (Å²) in [5.41, 5.74) is 0.987. The highest BCUT2D eigenvalue weighted by molar-refractivity contribution is 6.31. The first-order valence-electron chi connectivity index (χ1n) is 7.66. The Balaban J connectivity index is 0.00000161. The Morgan fingerprint density at radius 1 is 1.19 bits per heavy atom. The van der Waals surface area contributed by atoms with E-state index in [1.807, 2.05) is 6.07 Å². The van der Waals surface area contributed by atoms with Crippen molar-refractivity contribution in [3.8, 4) is 0 Å². The molecule has 1 aromatic carbocycles. The third-order valence-corrected chi connectivity index (χ3v) is 5.09. The van der Waals surface area contributed by atoms with Gasteiger partial charge in [0.25, 0.3) is 0 Å². The van der Waals surface area contributed by atoms with E-state index in [0.29, 0.717) is 10.9 Å². The second kappa shape index (κ2) is 7.77. The molecule has 2 aliphatic rings. The highest BCUT2D eigenvalue weighted by Crippen LogP contribution is 2.42. The number of nitrogens with one attached hydrogen (secondary N) is 1. The average Bonchev–Trinajstić information content (AvgIpc) is 2.99. The summed E-state index contributed by atoms with van der Waals surface area (Å²) in [7, 11) is 0. The summed E-state index contributed by atoms with van der Waals surface area (Å²) in [6.45, 7) is 4.06. The summed E-state index contributed by atoms with van der Waals surface area (Å²) >= 11 is 6.27. The molecule has 0 bridgehead atoms. The summed E-state index contributed by atoms with van der Waals surface area (Å²) in [5, 5.41) is 3.71. The topological polar surface area (TPSA) is 15.3 Å². The molecule has 0 aromatic heterocycles. The molecule has 21 heavy (non-hydrogen) atoms. The van der Waals surface area contributed by atoms with E-state index >= 15 is 0 Å². The third kappa shape index (κ3) is 3.70. The number of halogens is 3.